The highest BCUT2D eigenvalue weighted by Gasteiger charge is 2.11. The fourth-order valence-corrected chi connectivity index (χ4v) is 4.10. The Morgan fingerprint density at radius 3 is 2.58 bits per heavy atom. The number of aliphatic imine (C=N–C) groups is 1. The number of nitrogens with zero attached hydrogens (tertiary/aromatic N) is 1. The number of hydrogen-bond donors (Lipinski definition) is 3. The second-order valence-corrected chi connectivity index (χ2v) is 9.38. The molecule has 1 heterocycles. The van der Waals surface area contributed by atoms with E-state index in [1.807, 2.05) is 25.1 Å². The van der Waals surface area contributed by atoms with Gasteiger partial charge in [-0.25, -0.2) is 17.8 Å². The molecule has 0 atom stereocenters. The van der Waals surface area contributed by atoms with E-state index in [9.17, 15) is 12.8 Å². The number of halogens is 2. The lowest BCUT2D eigenvalue weighted by molar-refractivity contribution is 0.600. The van der Waals surface area contributed by atoms with Crippen molar-refractivity contribution >= 4 is 50.7 Å². The molecule has 9 heteroatoms. The summed E-state index contributed by atoms with van der Waals surface area (Å²) >= 11 is 0. The number of rotatable bonds is 8. The molecule has 2 aromatic carbocycles. The smallest absolute Gasteiger partial charge is 0.191 e. The van der Waals surface area contributed by atoms with Crippen molar-refractivity contribution in [2.45, 2.75) is 25.6 Å². The number of nitrogens with one attached hydrogen (secondary N) is 3. The van der Waals surface area contributed by atoms with Crippen LogP contribution in [0.4, 0.5) is 4.39 Å². The van der Waals surface area contributed by atoms with Crippen molar-refractivity contribution in [1.29, 1.82) is 0 Å². The van der Waals surface area contributed by atoms with Gasteiger partial charge in [0.15, 0.2) is 15.8 Å². The van der Waals surface area contributed by atoms with Gasteiger partial charge in [-0.3, -0.25) is 0 Å². The van der Waals surface area contributed by atoms with E-state index in [4.69, 9.17) is 0 Å². The Morgan fingerprint density at radius 2 is 1.87 bits per heavy atom. The van der Waals surface area contributed by atoms with Crippen molar-refractivity contribution in [3.63, 3.8) is 0 Å². The number of H-pyrrole nitrogens is 1. The maximum Gasteiger partial charge on any atom is 0.191 e. The summed E-state index contributed by atoms with van der Waals surface area (Å²) in [6, 6.07) is 14.4. The predicted octanol–water partition coefficient (Wildman–Crippen LogP) is 3.77. The fourth-order valence-electron chi connectivity index (χ4n) is 3.25. The molecule has 1 aromatic heterocycles. The van der Waals surface area contributed by atoms with Crippen molar-refractivity contribution in [3.8, 4) is 0 Å². The van der Waals surface area contributed by atoms with Crippen LogP contribution in [0.3, 0.4) is 0 Å². The highest BCUT2D eigenvalue weighted by molar-refractivity contribution is 14.0. The molecule has 6 nitrogen and oxygen atoms in total. The van der Waals surface area contributed by atoms with E-state index in [1.54, 1.807) is 0 Å². The zero-order valence-corrected chi connectivity index (χ0v) is 20.8. The fraction of sp³-hybridized carbons (Fsp3) is 0.318. The van der Waals surface area contributed by atoms with E-state index in [0.717, 1.165) is 17.6 Å². The molecule has 0 spiro atoms. The minimum absolute atomic E-state index is 0. The summed E-state index contributed by atoms with van der Waals surface area (Å²) in [5.74, 6) is 0.0556. The van der Waals surface area contributed by atoms with E-state index in [-0.39, 0.29) is 36.3 Å². The number of hydrogen-bond acceptors (Lipinski definition) is 3. The van der Waals surface area contributed by atoms with Crippen molar-refractivity contribution in [3.05, 3.63) is 71.2 Å². The van der Waals surface area contributed by atoms with E-state index >= 15 is 0 Å². The zero-order chi connectivity index (χ0) is 21.6. The molecular weight excluding hydrogens is 530 g/mol. The van der Waals surface area contributed by atoms with Gasteiger partial charge in [-0.1, -0.05) is 24.3 Å². The molecule has 0 radical (unpaired) electrons. The highest BCUT2D eigenvalue weighted by Crippen LogP contribution is 2.16. The Hall–Kier alpha value is -2.14. The quantitative estimate of drug-likeness (QED) is 0.223. The Labute approximate surface area is 199 Å². The maximum absolute atomic E-state index is 13.7. The first-order valence-electron chi connectivity index (χ1n) is 9.88. The third kappa shape index (κ3) is 7.80. The second-order valence-electron chi connectivity index (χ2n) is 7.24. The van der Waals surface area contributed by atoms with Gasteiger partial charge in [0.25, 0.3) is 0 Å². The summed E-state index contributed by atoms with van der Waals surface area (Å²) in [6.45, 7) is 3.49. The van der Waals surface area contributed by atoms with Gasteiger partial charge in [-0.15, -0.1) is 24.0 Å². The molecule has 31 heavy (non-hydrogen) atoms. The Morgan fingerprint density at radius 1 is 1.10 bits per heavy atom. The standard InChI is InChI=1S/C22H27FN4O2S.HI/c1-3-24-22(25-11-10-20-13-16-6-4-5-7-21(16)27-20)26-14-18-12-19(23)9-8-17(18)15-30(2,28)29;/h4-9,12-13,27H,3,10-11,14-15H2,1-2H3,(H2,24,25,26);1H. The van der Waals surface area contributed by atoms with Crippen LogP contribution in [-0.4, -0.2) is 38.7 Å². The Balaban J connectivity index is 0.00000341. The van der Waals surface area contributed by atoms with Crippen LogP contribution < -0.4 is 10.6 Å². The molecule has 168 valence electrons. The highest BCUT2D eigenvalue weighted by atomic mass is 127. The normalized spacial score (nSPS) is 11.9. The topological polar surface area (TPSA) is 86.3 Å². The zero-order valence-electron chi connectivity index (χ0n) is 17.6. The minimum atomic E-state index is -3.22. The molecule has 0 bridgehead atoms. The van der Waals surface area contributed by atoms with Gasteiger partial charge in [0, 0.05) is 37.0 Å². The van der Waals surface area contributed by atoms with Gasteiger partial charge in [-0.2, -0.15) is 0 Å². The lowest BCUT2D eigenvalue weighted by Gasteiger charge is -2.12. The number of sulfone groups is 1. The molecule has 0 aliphatic carbocycles. The third-order valence-electron chi connectivity index (χ3n) is 4.61. The molecule has 0 fully saturated rings. The molecule has 0 amide bonds. The van der Waals surface area contributed by atoms with Crippen molar-refractivity contribution in [2.75, 3.05) is 19.3 Å². The maximum atomic E-state index is 13.7. The summed E-state index contributed by atoms with van der Waals surface area (Å²) < 4.78 is 37.0. The first-order chi connectivity index (χ1) is 14.3. The lowest BCUT2D eigenvalue weighted by atomic mass is 10.1. The van der Waals surface area contributed by atoms with E-state index in [0.29, 0.717) is 30.2 Å². The number of para-hydroxylation sites is 1. The van der Waals surface area contributed by atoms with E-state index in [1.165, 1.54) is 29.8 Å². The molecular formula is C22H28FIN4O2S. The monoisotopic (exact) mass is 558 g/mol. The van der Waals surface area contributed by atoms with Crippen LogP contribution in [0.15, 0.2) is 53.5 Å². The summed E-state index contributed by atoms with van der Waals surface area (Å²) in [7, 11) is -3.22. The predicted molar refractivity (Wildman–Crippen MR) is 135 cm³/mol. The van der Waals surface area contributed by atoms with Crippen LogP contribution in [-0.2, 0) is 28.6 Å². The first kappa shape index (κ1) is 25.1. The summed E-state index contributed by atoms with van der Waals surface area (Å²) in [4.78, 5) is 7.91. The van der Waals surface area contributed by atoms with Crippen LogP contribution in [0.2, 0.25) is 0 Å². The van der Waals surface area contributed by atoms with Gasteiger partial charge >= 0.3 is 0 Å². The largest absolute Gasteiger partial charge is 0.358 e. The van der Waals surface area contributed by atoms with Crippen molar-refractivity contribution in [2.24, 2.45) is 4.99 Å². The molecule has 3 rings (SSSR count). The van der Waals surface area contributed by atoms with E-state index in [2.05, 4.69) is 32.7 Å². The van der Waals surface area contributed by atoms with Crippen LogP contribution >= 0.6 is 24.0 Å². The Kier molecular flexibility index (Phi) is 9.30. The third-order valence-corrected chi connectivity index (χ3v) is 5.45. The van der Waals surface area contributed by atoms with Crippen LogP contribution in [0.25, 0.3) is 10.9 Å². The molecule has 0 saturated heterocycles. The van der Waals surface area contributed by atoms with Gasteiger partial charge in [0.1, 0.15) is 5.82 Å². The van der Waals surface area contributed by atoms with Crippen LogP contribution in [0, 0.1) is 5.82 Å². The van der Waals surface area contributed by atoms with Crippen LogP contribution in [0.1, 0.15) is 23.7 Å². The average molecular weight is 558 g/mol. The van der Waals surface area contributed by atoms with Gasteiger partial charge in [-0.05, 0) is 47.7 Å². The number of benzene rings is 2. The second kappa shape index (κ2) is 11.5. The molecule has 0 unspecified atom stereocenters. The summed E-state index contributed by atoms with van der Waals surface area (Å²) in [5, 5.41) is 7.62. The SMILES string of the molecule is CCNC(=NCc1cc(F)ccc1CS(C)(=O)=O)NCCc1cc2ccccc2[nH]1.I. The van der Waals surface area contributed by atoms with Crippen LogP contribution in [0.5, 0.6) is 0 Å². The molecule has 0 aliphatic heterocycles. The molecule has 0 saturated carbocycles. The number of aromatic nitrogens is 1. The molecule has 3 aromatic rings. The number of aromatic amines is 1. The van der Waals surface area contributed by atoms with Crippen molar-refractivity contribution in [1.82, 2.24) is 15.6 Å². The minimum Gasteiger partial charge on any atom is -0.358 e. The number of fused-ring (bicyclic) bond motifs is 1. The average Bonchev–Trinajstić information content (AvgIpc) is 3.09. The van der Waals surface area contributed by atoms with Gasteiger partial charge in [0.05, 0.1) is 12.3 Å². The summed E-state index contributed by atoms with van der Waals surface area (Å²) in [5.41, 5.74) is 3.36. The lowest BCUT2D eigenvalue weighted by Crippen LogP contribution is -2.38. The van der Waals surface area contributed by atoms with Gasteiger partial charge < -0.3 is 15.6 Å². The Bertz CT molecular complexity index is 1110. The summed E-state index contributed by atoms with van der Waals surface area (Å²) in [6.07, 6.45) is 1.96. The first-order valence-corrected chi connectivity index (χ1v) is 11.9. The van der Waals surface area contributed by atoms with Crippen molar-refractivity contribution < 1.29 is 12.8 Å². The van der Waals surface area contributed by atoms with E-state index < -0.39 is 15.7 Å². The molecule has 3 N–H and O–H groups in total. The number of guanidine groups is 1. The van der Waals surface area contributed by atoms with Gasteiger partial charge in [0.2, 0.25) is 0 Å². The molecule has 0 aliphatic rings.